The van der Waals surface area contributed by atoms with Gasteiger partial charge in [0, 0.05) is 14.2 Å². The molecule has 0 aromatic carbocycles. The van der Waals surface area contributed by atoms with Crippen molar-refractivity contribution in [1.82, 2.24) is 0 Å². The molecule has 0 radical (unpaired) electrons. The first-order valence-electron chi connectivity index (χ1n) is 3.03. The Balaban J connectivity index is 0. The van der Waals surface area contributed by atoms with E-state index in [9.17, 15) is 0 Å². The van der Waals surface area contributed by atoms with Crippen molar-refractivity contribution < 1.29 is 14.6 Å². The van der Waals surface area contributed by atoms with Crippen LogP contribution in [0, 0.1) is 0 Å². The second-order valence-electron chi connectivity index (χ2n) is 1.49. The summed E-state index contributed by atoms with van der Waals surface area (Å²) in [5, 5.41) is 7.76. The Hall–Kier alpha value is -0.380. The van der Waals surface area contributed by atoms with E-state index < -0.39 is 0 Å². The molecule has 3 nitrogen and oxygen atoms in total. The van der Waals surface area contributed by atoms with Crippen LogP contribution in [0.5, 0.6) is 0 Å². The molecule has 0 saturated carbocycles. The van der Waals surface area contributed by atoms with E-state index in [0.29, 0.717) is 0 Å². The highest BCUT2D eigenvalue weighted by Crippen LogP contribution is 1.84. The van der Waals surface area contributed by atoms with Gasteiger partial charge >= 0.3 is 0 Å². The minimum absolute atomic E-state index is 0.0833. The number of aliphatic hydroxyl groups is 1. The fourth-order valence-corrected chi connectivity index (χ4v) is 0. The minimum Gasteiger partial charge on any atom is -0.392 e. The van der Waals surface area contributed by atoms with Gasteiger partial charge < -0.3 is 14.6 Å². The Morgan fingerprint density at radius 2 is 1.80 bits per heavy atom. The molecule has 1 aliphatic rings. The third-order valence-corrected chi connectivity index (χ3v) is 0.333. The Labute approximate surface area is 62.3 Å². The molecule has 1 aliphatic heterocycles. The first-order chi connectivity index (χ1) is 4.83. The highest BCUT2D eigenvalue weighted by molar-refractivity contribution is 4.60. The lowest BCUT2D eigenvalue weighted by molar-refractivity contribution is 0.277. The van der Waals surface area contributed by atoms with Gasteiger partial charge in [0.05, 0.1) is 19.8 Å². The average molecular weight is 148 g/mol. The van der Waals surface area contributed by atoms with Crippen LogP contribution >= 0.6 is 0 Å². The Bertz CT molecular complexity index is 50.1. The molecule has 3 heteroatoms. The van der Waals surface area contributed by atoms with Gasteiger partial charge in [-0.05, 0) is 0 Å². The maximum atomic E-state index is 7.76. The van der Waals surface area contributed by atoms with Crippen LogP contribution < -0.4 is 0 Å². The molecule has 10 heavy (non-hydrogen) atoms. The number of ether oxygens (including phenoxy) is 2. The fraction of sp³-hybridized carbons (Fsp3) is 0.714. The average Bonchev–Trinajstić information content (AvgIpc) is 2.73. The quantitative estimate of drug-likeness (QED) is 0.433. The van der Waals surface area contributed by atoms with Crippen molar-refractivity contribution >= 4 is 0 Å². The molecule has 1 fully saturated rings. The van der Waals surface area contributed by atoms with Crippen molar-refractivity contribution in [2.24, 2.45) is 0 Å². The van der Waals surface area contributed by atoms with E-state index >= 15 is 0 Å². The molecule has 0 bridgehead atoms. The van der Waals surface area contributed by atoms with Crippen molar-refractivity contribution in [2.45, 2.75) is 0 Å². The molecule has 0 amide bonds. The van der Waals surface area contributed by atoms with E-state index in [4.69, 9.17) is 5.11 Å². The summed E-state index contributed by atoms with van der Waals surface area (Å²) < 4.78 is 8.75. The Morgan fingerprint density at radius 3 is 1.80 bits per heavy atom. The van der Waals surface area contributed by atoms with Crippen LogP contribution in [0.2, 0.25) is 0 Å². The zero-order valence-corrected chi connectivity index (χ0v) is 6.67. The molecule has 0 unspecified atom stereocenters. The predicted octanol–water partition coefficient (Wildman–Crippen LogP) is 0.444. The van der Waals surface area contributed by atoms with Crippen molar-refractivity contribution in [2.75, 3.05) is 34.0 Å². The SMILES string of the molecule is C1CO1.C=CCO.COC. The van der Waals surface area contributed by atoms with Gasteiger partial charge in [-0.15, -0.1) is 6.58 Å². The monoisotopic (exact) mass is 148 g/mol. The van der Waals surface area contributed by atoms with Gasteiger partial charge in [-0.1, -0.05) is 6.08 Å². The number of epoxide rings is 1. The summed E-state index contributed by atoms with van der Waals surface area (Å²) in [6, 6.07) is 0. The number of hydrogen-bond acceptors (Lipinski definition) is 3. The van der Waals surface area contributed by atoms with Crippen LogP contribution in [0.4, 0.5) is 0 Å². The normalized spacial score (nSPS) is 11.5. The van der Waals surface area contributed by atoms with E-state index in [1.54, 1.807) is 14.2 Å². The summed E-state index contributed by atoms with van der Waals surface area (Å²) in [4.78, 5) is 0. The second kappa shape index (κ2) is 15.8. The lowest BCUT2D eigenvalue weighted by Gasteiger charge is -1.61. The number of rotatable bonds is 1. The van der Waals surface area contributed by atoms with Crippen molar-refractivity contribution in [3.8, 4) is 0 Å². The highest BCUT2D eigenvalue weighted by atomic mass is 16.6. The number of methoxy groups -OCH3 is 1. The van der Waals surface area contributed by atoms with Crippen LogP contribution in [0.1, 0.15) is 0 Å². The van der Waals surface area contributed by atoms with Gasteiger partial charge in [-0.2, -0.15) is 0 Å². The van der Waals surface area contributed by atoms with Gasteiger partial charge in [0.1, 0.15) is 0 Å². The molecule has 0 aromatic heterocycles. The van der Waals surface area contributed by atoms with Gasteiger partial charge in [0.15, 0.2) is 0 Å². The highest BCUT2D eigenvalue weighted by Gasteiger charge is 1.94. The molecule has 1 rings (SSSR count). The van der Waals surface area contributed by atoms with E-state index in [0.717, 1.165) is 13.2 Å². The smallest absolute Gasteiger partial charge is 0.0701 e. The molecule has 1 saturated heterocycles. The third kappa shape index (κ3) is 127. The van der Waals surface area contributed by atoms with E-state index in [1.165, 1.54) is 6.08 Å². The van der Waals surface area contributed by atoms with Crippen LogP contribution in [0.25, 0.3) is 0 Å². The summed E-state index contributed by atoms with van der Waals surface area (Å²) in [5.41, 5.74) is 0. The second-order valence-corrected chi connectivity index (χ2v) is 1.49. The first kappa shape index (κ1) is 12.3. The number of hydrogen-bond donors (Lipinski definition) is 1. The fourth-order valence-electron chi connectivity index (χ4n) is 0. The molecule has 0 spiro atoms. The third-order valence-electron chi connectivity index (χ3n) is 0.333. The minimum atomic E-state index is 0.0833. The van der Waals surface area contributed by atoms with Crippen molar-refractivity contribution in [3.05, 3.63) is 12.7 Å². The van der Waals surface area contributed by atoms with E-state index in [2.05, 4.69) is 16.1 Å². The van der Waals surface area contributed by atoms with Gasteiger partial charge in [0.2, 0.25) is 0 Å². The zero-order chi connectivity index (χ0) is 8.24. The van der Waals surface area contributed by atoms with Gasteiger partial charge in [-0.25, -0.2) is 0 Å². The van der Waals surface area contributed by atoms with Crippen LogP contribution in [-0.4, -0.2) is 39.1 Å². The molecule has 1 N–H and O–H groups in total. The summed E-state index contributed by atoms with van der Waals surface area (Å²) in [6.45, 7) is 5.31. The largest absolute Gasteiger partial charge is 0.392 e. The molecular formula is C7H16O3. The Morgan fingerprint density at radius 1 is 1.60 bits per heavy atom. The van der Waals surface area contributed by atoms with Gasteiger partial charge in [0.25, 0.3) is 0 Å². The van der Waals surface area contributed by atoms with Crippen LogP contribution in [0.15, 0.2) is 12.7 Å². The van der Waals surface area contributed by atoms with Crippen molar-refractivity contribution in [1.29, 1.82) is 0 Å². The summed E-state index contributed by atoms with van der Waals surface area (Å²) in [5.74, 6) is 0. The van der Waals surface area contributed by atoms with Gasteiger partial charge in [-0.3, -0.25) is 0 Å². The van der Waals surface area contributed by atoms with Crippen LogP contribution in [0.3, 0.4) is 0 Å². The van der Waals surface area contributed by atoms with E-state index in [-0.39, 0.29) is 6.61 Å². The molecule has 1 heterocycles. The maximum absolute atomic E-state index is 7.76. The molecule has 62 valence electrons. The molecule has 0 aromatic rings. The van der Waals surface area contributed by atoms with E-state index in [1.807, 2.05) is 0 Å². The molecule has 0 aliphatic carbocycles. The topological polar surface area (TPSA) is 42.0 Å². The predicted molar refractivity (Wildman–Crippen MR) is 41.0 cm³/mol. The standard InChI is InChI=1S/C3H6O.C2H4O.C2H6O/c1-2-3-4;1-2-3-1;1-3-2/h2,4H,1,3H2;1-2H2;1-2H3. The lowest BCUT2D eigenvalue weighted by Crippen LogP contribution is -1.62. The first-order valence-corrected chi connectivity index (χ1v) is 3.03. The van der Waals surface area contributed by atoms with Crippen LogP contribution in [-0.2, 0) is 9.47 Å². The zero-order valence-electron chi connectivity index (χ0n) is 6.67. The Kier molecular flexibility index (Phi) is 19.5. The summed E-state index contributed by atoms with van der Waals surface area (Å²) >= 11 is 0. The maximum Gasteiger partial charge on any atom is 0.0701 e. The lowest BCUT2D eigenvalue weighted by atomic mass is 10.7. The van der Waals surface area contributed by atoms with Crippen molar-refractivity contribution in [3.63, 3.8) is 0 Å². The molecule has 0 atom stereocenters. The summed E-state index contributed by atoms with van der Waals surface area (Å²) in [7, 11) is 3.25. The molecular weight excluding hydrogens is 132 g/mol. The number of aliphatic hydroxyl groups excluding tert-OH is 1. The summed E-state index contributed by atoms with van der Waals surface area (Å²) in [6.07, 6.45) is 1.43.